The van der Waals surface area contributed by atoms with Gasteiger partial charge in [-0.2, -0.15) is 0 Å². The molecule has 0 aliphatic heterocycles. The number of alkyl halides is 2. The number of hydrogen-bond donors (Lipinski definition) is 3. The Morgan fingerprint density at radius 3 is 2.30 bits per heavy atom. The normalized spacial score (nSPS) is 11.7. The van der Waals surface area contributed by atoms with Crippen LogP contribution in [0.25, 0.3) is 0 Å². The molecule has 1 aromatic rings. The minimum Gasteiger partial charge on any atom is -0.350 e. The third-order valence-corrected chi connectivity index (χ3v) is 4.09. The topological polar surface area (TPSA) is 101 Å². The molecule has 1 rings (SSSR count). The lowest BCUT2D eigenvalue weighted by atomic mass is 10.3. The van der Waals surface area contributed by atoms with Crippen molar-refractivity contribution < 1.29 is 26.4 Å². The zero-order chi connectivity index (χ0) is 16.8. The fourth-order valence-electron chi connectivity index (χ4n) is 1.38. The first-order valence-corrected chi connectivity index (χ1v) is 7.74. The second-order valence-corrected chi connectivity index (χ2v) is 6.21. The predicted octanol–water partition coefficient (Wildman–Crippen LogP) is 0.626. The van der Waals surface area contributed by atoms with Crippen LogP contribution in [0.1, 0.15) is 6.42 Å². The molecule has 23 heavy (non-hydrogen) atoms. The third-order valence-electron chi connectivity index (χ3n) is 2.61. The summed E-state index contributed by atoms with van der Waals surface area (Å²) >= 11 is 0. The van der Waals surface area contributed by atoms with Crippen LogP contribution in [0.4, 0.5) is 13.2 Å². The van der Waals surface area contributed by atoms with Crippen LogP contribution in [0, 0.1) is 5.82 Å². The Labute approximate surface area is 138 Å². The van der Waals surface area contributed by atoms with Crippen molar-refractivity contribution >= 4 is 28.3 Å². The fourth-order valence-corrected chi connectivity index (χ4v) is 2.42. The molecule has 0 fully saturated rings. The molecule has 0 saturated heterocycles. The van der Waals surface area contributed by atoms with E-state index in [1.165, 1.54) is 0 Å². The predicted molar refractivity (Wildman–Crippen MR) is 80.5 cm³/mol. The lowest BCUT2D eigenvalue weighted by Gasteiger charge is -2.14. The highest BCUT2D eigenvalue weighted by Crippen LogP contribution is 2.10. The van der Waals surface area contributed by atoms with Crippen LogP contribution in [-0.4, -0.2) is 39.9 Å². The summed E-state index contributed by atoms with van der Waals surface area (Å²) in [4.78, 5) is 11.1. The maximum atomic E-state index is 12.8. The number of nitrogens with two attached hydrogens (primary N) is 1. The first-order valence-electron chi connectivity index (χ1n) is 6.26. The Bertz CT molecular complexity index is 612. The smallest absolute Gasteiger partial charge is 0.277 e. The highest BCUT2D eigenvalue weighted by atomic mass is 35.5. The number of rotatable bonds is 8. The average Bonchev–Trinajstić information content (AvgIpc) is 2.45. The van der Waals surface area contributed by atoms with Crippen LogP contribution >= 0.6 is 12.4 Å². The Hall–Kier alpha value is -1.36. The standard InChI is InChI=1S/C12H16F3N3O3S.ClH/c13-9-1-3-10(4-2-9)22(20,21)18-6-5-11(19)17-8-12(14,15)7-16;/h1-4,18H,5-8,16H2,(H,17,19);1H. The summed E-state index contributed by atoms with van der Waals surface area (Å²) in [6.07, 6.45) is -0.318. The van der Waals surface area contributed by atoms with Gasteiger partial charge in [-0.1, -0.05) is 0 Å². The van der Waals surface area contributed by atoms with Crippen LogP contribution in [0.2, 0.25) is 0 Å². The van der Waals surface area contributed by atoms with Gasteiger partial charge >= 0.3 is 0 Å². The van der Waals surface area contributed by atoms with Gasteiger partial charge in [-0.15, -0.1) is 12.4 Å². The molecule has 0 unspecified atom stereocenters. The van der Waals surface area contributed by atoms with Crippen molar-refractivity contribution in [3.05, 3.63) is 30.1 Å². The van der Waals surface area contributed by atoms with E-state index in [-0.39, 0.29) is 30.3 Å². The Kier molecular flexibility index (Phi) is 8.53. The summed E-state index contributed by atoms with van der Waals surface area (Å²) in [5.74, 6) is -4.53. The highest BCUT2D eigenvalue weighted by Gasteiger charge is 2.27. The maximum Gasteiger partial charge on any atom is 0.277 e. The van der Waals surface area contributed by atoms with Crippen LogP contribution < -0.4 is 15.8 Å². The van der Waals surface area contributed by atoms with E-state index in [0.29, 0.717) is 0 Å². The SMILES string of the molecule is Cl.NCC(F)(F)CNC(=O)CCNS(=O)(=O)c1ccc(F)cc1. The molecule has 0 aromatic heterocycles. The molecule has 11 heteroatoms. The van der Waals surface area contributed by atoms with Gasteiger partial charge in [0.15, 0.2) is 0 Å². The molecule has 4 N–H and O–H groups in total. The molecule has 0 atom stereocenters. The van der Waals surface area contributed by atoms with Crippen molar-refractivity contribution in [2.75, 3.05) is 19.6 Å². The van der Waals surface area contributed by atoms with E-state index in [1.54, 1.807) is 0 Å². The van der Waals surface area contributed by atoms with Crippen molar-refractivity contribution in [2.45, 2.75) is 17.2 Å². The Morgan fingerprint density at radius 2 is 1.78 bits per heavy atom. The average molecular weight is 376 g/mol. The molecular formula is C12H17ClF3N3O3S. The summed E-state index contributed by atoms with van der Waals surface area (Å²) < 4.78 is 64.0. The number of carbonyl (C=O) groups is 1. The van der Waals surface area contributed by atoms with E-state index in [9.17, 15) is 26.4 Å². The second-order valence-electron chi connectivity index (χ2n) is 4.44. The van der Waals surface area contributed by atoms with Gasteiger partial charge in [0.2, 0.25) is 15.9 Å². The van der Waals surface area contributed by atoms with Crippen LogP contribution in [-0.2, 0) is 14.8 Å². The minimum absolute atomic E-state index is 0. The number of hydrogen-bond acceptors (Lipinski definition) is 4. The molecule has 0 aliphatic rings. The fraction of sp³-hybridized carbons (Fsp3) is 0.417. The van der Waals surface area contributed by atoms with Crippen molar-refractivity contribution in [2.24, 2.45) is 5.73 Å². The quantitative estimate of drug-likeness (QED) is 0.620. The minimum atomic E-state index is -3.89. The molecule has 1 amide bonds. The zero-order valence-electron chi connectivity index (χ0n) is 11.9. The zero-order valence-corrected chi connectivity index (χ0v) is 13.5. The molecule has 0 saturated carbocycles. The monoisotopic (exact) mass is 375 g/mol. The van der Waals surface area contributed by atoms with E-state index in [1.807, 2.05) is 5.32 Å². The van der Waals surface area contributed by atoms with Crippen molar-refractivity contribution in [1.82, 2.24) is 10.0 Å². The third kappa shape index (κ3) is 7.64. The number of amides is 1. The molecule has 0 radical (unpaired) electrons. The van der Waals surface area contributed by atoms with E-state index >= 15 is 0 Å². The number of nitrogens with one attached hydrogen (secondary N) is 2. The van der Waals surface area contributed by atoms with Crippen molar-refractivity contribution in [3.63, 3.8) is 0 Å². The molecule has 6 nitrogen and oxygen atoms in total. The molecule has 0 spiro atoms. The van der Waals surface area contributed by atoms with E-state index in [2.05, 4.69) is 4.72 Å². The second kappa shape index (κ2) is 9.06. The summed E-state index contributed by atoms with van der Waals surface area (Å²) in [5.41, 5.74) is 4.81. The molecule has 1 aromatic carbocycles. The lowest BCUT2D eigenvalue weighted by molar-refractivity contribution is -0.122. The van der Waals surface area contributed by atoms with Gasteiger partial charge < -0.3 is 11.1 Å². The molecular weight excluding hydrogens is 359 g/mol. The van der Waals surface area contributed by atoms with Gasteiger partial charge in [0.25, 0.3) is 5.92 Å². The summed E-state index contributed by atoms with van der Waals surface area (Å²) in [6, 6.07) is 4.10. The van der Waals surface area contributed by atoms with Gasteiger partial charge in [0.1, 0.15) is 5.82 Å². The molecule has 0 bridgehead atoms. The molecule has 132 valence electrons. The molecule has 0 heterocycles. The summed E-state index contributed by atoms with van der Waals surface area (Å²) in [5, 5.41) is 1.95. The number of carbonyl (C=O) groups excluding carboxylic acids is 1. The first kappa shape index (κ1) is 21.6. The first-order chi connectivity index (χ1) is 10.2. The lowest BCUT2D eigenvalue weighted by Crippen LogP contribution is -2.42. The van der Waals surface area contributed by atoms with E-state index in [4.69, 9.17) is 5.73 Å². The largest absolute Gasteiger partial charge is 0.350 e. The van der Waals surface area contributed by atoms with Crippen LogP contribution in [0.5, 0.6) is 0 Å². The Morgan fingerprint density at radius 1 is 1.22 bits per heavy atom. The van der Waals surface area contributed by atoms with Gasteiger partial charge in [0.05, 0.1) is 18.0 Å². The number of halogens is 4. The summed E-state index contributed by atoms with van der Waals surface area (Å²) in [7, 11) is -3.89. The number of benzene rings is 1. The molecule has 0 aliphatic carbocycles. The van der Waals surface area contributed by atoms with Gasteiger partial charge in [-0.25, -0.2) is 26.3 Å². The van der Waals surface area contributed by atoms with E-state index in [0.717, 1.165) is 24.3 Å². The summed E-state index contributed by atoms with van der Waals surface area (Å²) in [6.45, 7) is -2.09. The van der Waals surface area contributed by atoms with Gasteiger partial charge in [0, 0.05) is 13.0 Å². The van der Waals surface area contributed by atoms with Gasteiger partial charge in [-0.05, 0) is 24.3 Å². The number of sulfonamides is 1. The van der Waals surface area contributed by atoms with Crippen LogP contribution in [0.3, 0.4) is 0 Å². The van der Waals surface area contributed by atoms with Crippen LogP contribution in [0.15, 0.2) is 29.2 Å². The van der Waals surface area contributed by atoms with Gasteiger partial charge in [-0.3, -0.25) is 4.79 Å². The van der Waals surface area contributed by atoms with Crippen molar-refractivity contribution in [1.29, 1.82) is 0 Å². The van der Waals surface area contributed by atoms with Crippen molar-refractivity contribution in [3.8, 4) is 0 Å². The maximum absolute atomic E-state index is 12.8. The highest BCUT2D eigenvalue weighted by molar-refractivity contribution is 7.89. The Balaban J connectivity index is 0.00000484. The van der Waals surface area contributed by atoms with E-state index < -0.39 is 40.8 Å².